The van der Waals surface area contributed by atoms with E-state index in [0.29, 0.717) is 10.2 Å². The zero-order chi connectivity index (χ0) is 14.6. The molecule has 0 spiro atoms. The molecule has 1 aromatic rings. The van der Waals surface area contributed by atoms with E-state index in [9.17, 15) is 14.9 Å². The third-order valence-electron chi connectivity index (χ3n) is 2.79. The second-order valence-corrected chi connectivity index (χ2v) is 5.40. The molecule has 0 heterocycles. The topological polar surface area (TPSA) is 92.5 Å². The molecule has 1 aromatic carbocycles. The summed E-state index contributed by atoms with van der Waals surface area (Å²) in [6.07, 6.45) is 0. The predicted octanol–water partition coefficient (Wildman–Crippen LogP) is 3.13. The van der Waals surface area contributed by atoms with Crippen LogP contribution < -0.4 is 5.32 Å². The zero-order valence-electron chi connectivity index (χ0n) is 10.6. The molecule has 0 saturated carbocycles. The van der Waals surface area contributed by atoms with Gasteiger partial charge in [-0.25, -0.2) is 0 Å². The van der Waals surface area contributed by atoms with Gasteiger partial charge < -0.3 is 10.4 Å². The highest BCUT2D eigenvalue weighted by Gasteiger charge is 2.22. The van der Waals surface area contributed by atoms with Gasteiger partial charge >= 0.3 is 5.97 Å². The number of carboxylic acids is 1. The third-order valence-corrected chi connectivity index (χ3v) is 3.28. The Morgan fingerprint density at radius 3 is 2.63 bits per heavy atom. The van der Waals surface area contributed by atoms with Gasteiger partial charge in [0.05, 0.1) is 10.8 Å². The Bertz CT molecular complexity index is 491. The van der Waals surface area contributed by atoms with Gasteiger partial charge in [-0.15, -0.1) is 0 Å². The quantitative estimate of drug-likeness (QED) is 0.617. The molecular formula is C12H15BrN2O4. The number of nitrogens with one attached hydrogen (secondary N) is 1. The van der Waals surface area contributed by atoms with E-state index in [2.05, 4.69) is 21.2 Å². The fourth-order valence-corrected chi connectivity index (χ4v) is 2.00. The number of hydrogen-bond acceptors (Lipinski definition) is 4. The molecule has 0 aliphatic rings. The van der Waals surface area contributed by atoms with Crippen LogP contribution in [0.25, 0.3) is 0 Å². The minimum atomic E-state index is -0.917. The van der Waals surface area contributed by atoms with E-state index in [1.807, 2.05) is 0 Å². The highest BCUT2D eigenvalue weighted by Crippen LogP contribution is 2.28. The normalized spacial score (nSPS) is 12.2. The number of rotatable bonds is 6. The Morgan fingerprint density at radius 1 is 1.53 bits per heavy atom. The first-order chi connectivity index (χ1) is 8.82. The van der Waals surface area contributed by atoms with Crippen molar-refractivity contribution in [1.82, 2.24) is 0 Å². The van der Waals surface area contributed by atoms with Crippen LogP contribution in [0.3, 0.4) is 0 Å². The first-order valence-corrected chi connectivity index (χ1v) is 6.53. The van der Waals surface area contributed by atoms with Crippen molar-refractivity contribution in [3.05, 3.63) is 32.8 Å². The van der Waals surface area contributed by atoms with Crippen LogP contribution >= 0.6 is 15.9 Å². The van der Waals surface area contributed by atoms with E-state index < -0.39 is 16.8 Å². The Hall–Kier alpha value is -1.63. The van der Waals surface area contributed by atoms with Crippen molar-refractivity contribution in [2.24, 2.45) is 11.8 Å². The van der Waals surface area contributed by atoms with Gasteiger partial charge in [-0.2, -0.15) is 0 Å². The maximum atomic E-state index is 11.1. The van der Waals surface area contributed by atoms with Crippen LogP contribution in [0.1, 0.15) is 13.8 Å². The Labute approximate surface area is 119 Å². The van der Waals surface area contributed by atoms with Crippen molar-refractivity contribution in [2.75, 3.05) is 11.9 Å². The van der Waals surface area contributed by atoms with Crippen LogP contribution in [0.5, 0.6) is 0 Å². The molecule has 0 bridgehead atoms. The molecule has 19 heavy (non-hydrogen) atoms. The maximum absolute atomic E-state index is 11.1. The number of hydrogen-bond donors (Lipinski definition) is 2. The fourth-order valence-electron chi connectivity index (χ4n) is 1.64. The van der Waals surface area contributed by atoms with Crippen molar-refractivity contribution in [1.29, 1.82) is 0 Å². The lowest BCUT2D eigenvalue weighted by molar-refractivity contribution is -0.384. The first-order valence-electron chi connectivity index (χ1n) is 5.73. The molecule has 1 rings (SSSR count). The average molecular weight is 331 g/mol. The standard InChI is InChI=1S/C12H15BrN2O4/c1-7(2)9(12(16)17)6-14-10-5-8(13)3-4-11(10)15(18)19/h3-5,7,9,14H,6H2,1-2H3,(H,16,17). The van der Waals surface area contributed by atoms with E-state index in [1.165, 1.54) is 6.07 Å². The van der Waals surface area contributed by atoms with Crippen LogP contribution in [0, 0.1) is 22.0 Å². The average Bonchev–Trinajstić information content (AvgIpc) is 2.27. The molecule has 0 amide bonds. The van der Waals surface area contributed by atoms with E-state index in [1.54, 1.807) is 26.0 Å². The summed E-state index contributed by atoms with van der Waals surface area (Å²) in [6.45, 7) is 3.75. The van der Waals surface area contributed by atoms with Gasteiger partial charge in [0.15, 0.2) is 0 Å². The van der Waals surface area contributed by atoms with Gasteiger partial charge in [0, 0.05) is 17.1 Å². The molecule has 0 aromatic heterocycles. The number of benzene rings is 1. The van der Waals surface area contributed by atoms with Crippen molar-refractivity contribution < 1.29 is 14.8 Å². The minimum Gasteiger partial charge on any atom is -0.481 e. The number of halogens is 1. The number of carbonyl (C=O) groups is 1. The van der Waals surface area contributed by atoms with E-state index in [0.717, 1.165) is 0 Å². The largest absolute Gasteiger partial charge is 0.481 e. The monoisotopic (exact) mass is 330 g/mol. The summed E-state index contributed by atoms with van der Waals surface area (Å²) >= 11 is 3.23. The predicted molar refractivity (Wildman–Crippen MR) is 75.2 cm³/mol. The fraction of sp³-hybridized carbons (Fsp3) is 0.417. The van der Waals surface area contributed by atoms with Gasteiger partial charge in [0.1, 0.15) is 5.69 Å². The van der Waals surface area contributed by atoms with Crippen LogP contribution in [-0.4, -0.2) is 22.5 Å². The zero-order valence-corrected chi connectivity index (χ0v) is 12.2. The number of nitrogens with zero attached hydrogens (tertiary/aromatic N) is 1. The molecule has 104 valence electrons. The minimum absolute atomic E-state index is 0.0591. The number of nitro groups is 1. The Morgan fingerprint density at radius 2 is 2.16 bits per heavy atom. The van der Waals surface area contributed by atoms with Crippen LogP contribution in [0.15, 0.2) is 22.7 Å². The Balaban J connectivity index is 2.90. The summed E-state index contributed by atoms with van der Waals surface area (Å²) in [6, 6.07) is 4.51. The number of carboxylic acid groups (broad SMARTS) is 1. The van der Waals surface area contributed by atoms with Crippen LogP contribution in [-0.2, 0) is 4.79 Å². The first kappa shape index (κ1) is 15.4. The number of nitro benzene ring substituents is 1. The SMILES string of the molecule is CC(C)C(CNc1cc(Br)ccc1[N+](=O)[O-])C(=O)O. The molecule has 1 unspecified atom stereocenters. The lowest BCUT2D eigenvalue weighted by Gasteiger charge is -2.17. The summed E-state index contributed by atoms with van der Waals surface area (Å²) in [5, 5.41) is 22.8. The highest BCUT2D eigenvalue weighted by atomic mass is 79.9. The summed E-state index contributed by atoms with van der Waals surface area (Å²) in [5.41, 5.74) is 0.238. The molecule has 0 aliphatic heterocycles. The van der Waals surface area contributed by atoms with Crippen molar-refractivity contribution >= 4 is 33.3 Å². The summed E-state index contributed by atoms with van der Waals surface area (Å²) in [4.78, 5) is 21.4. The smallest absolute Gasteiger partial charge is 0.308 e. The van der Waals surface area contributed by atoms with Crippen molar-refractivity contribution in [2.45, 2.75) is 13.8 Å². The van der Waals surface area contributed by atoms with E-state index >= 15 is 0 Å². The molecule has 1 atom stereocenters. The molecule has 7 heteroatoms. The second kappa shape index (κ2) is 6.51. The molecular weight excluding hydrogens is 316 g/mol. The van der Waals surface area contributed by atoms with Gasteiger partial charge in [-0.05, 0) is 18.1 Å². The van der Waals surface area contributed by atoms with E-state index in [-0.39, 0.29) is 18.2 Å². The molecule has 6 nitrogen and oxygen atoms in total. The van der Waals surface area contributed by atoms with Crippen LogP contribution in [0.4, 0.5) is 11.4 Å². The maximum Gasteiger partial charge on any atom is 0.308 e. The van der Waals surface area contributed by atoms with Crippen molar-refractivity contribution in [3.63, 3.8) is 0 Å². The van der Waals surface area contributed by atoms with Gasteiger partial charge in [-0.3, -0.25) is 14.9 Å². The van der Waals surface area contributed by atoms with Crippen molar-refractivity contribution in [3.8, 4) is 0 Å². The summed E-state index contributed by atoms with van der Waals surface area (Å²) < 4.78 is 0.692. The lowest BCUT2D eigenvalue weighted by Crippen LogP contribution is -2.27. The Kier molecular flexibility index (Phi) is 5.29. The second-order valence-electron chi connectivity index (χ2n) is 4.49. The summed E-state index contributed by atoms with van der Waals surface area (Å²) in [7, 11) is 0. The third kappa shape index (κ3) is 4.20. The summed E-state index contributed by atoms with van der Waals surface area (Å²) in [5.74, 6) is -1.57. The van der Waals surface area contributed by atoms with E-state index in [4.69, 9.17) is 5.11 Å². The van der Waals surface area contributed by atoms with Crippen LogP contribution in [0.2, 0.25) is 0 Å². The van der Waals surface area contributed by atoms with Gasteiger partial charge in [0.25, 0.3) is 5.69 Å². The molecule has 2 N–H and O–H groups in total. The molecule has 0 aliphatic carbocycles. The van der Waals surface area contributed by atoms with Gasteiger partial charge in [-0.1, -0.05) is 29.8 Å². The number of aliphatic carboxylic acids is 1. The lowest BCUT2D eigenvalue weighted by atomic mass is 9.96. The number of anilines is 1. The van der Waals surface area contributed by atoms with Gasteiger partial charge in [0.2, 0.25) is 0 Å². The molecule has 0 fully saturated rings. The highest BCUT2D eigenvalue weighted by molar-refractivity contribution is 9.10. The molecule has 0 saturated heterocycles. The molecule has 0 radical (unpaired) electrons.